The molecule has 1 aromatic heterocycles. The highest BCUT2D eigenvalue weighted by atomic mass is 15.1. The maximum atomic E-state index is 2.42. The Balaban J connectivity index is 1.14. The predicted octanol–water partition coefficient (Wildman–Crippen LogP) is 14.7. The third-order valence-corrected chi connectivity index (χ3v) is 10.9. The first-order valence-corrected chi connectivity index (χ1v) is 18.9. The fraction of sp³-hybridized carbons (Fsp3) is 0.0189. The lowest BCUT2D eigenvalue weighted by Crippen LogP contribution is -2.10. The average molecular weight is 703 g/mol. The van der Waals surface area contributed by atoms with Gasteiger partial charge in [-0.15, -0.1) is 0 Å². The zero-order valence-electron chi connectivity index (χ0n) is 30.6. The van der Waals surface area contributed by atoms with Crippen molar-refractivity contribution in [2.45, 2.75) is 6.92 Å². The molecule has 0 atom stereocenters. The van der Waals surface area contributed by atoms with Crippen LogP contribution < -0.4 is 4.90 Å². The highest BCUT2D eigenvalue weighted by Crippen LogP contribution is 2.44. The number of benzene rings is 9. The van der Waals surface area contributed by atoms with E-state index in [4.69, 9.17) is 0 Å². The molecule has 0 unspecified atom stereocenters. The molecule has 0 N–H and O–H groups in total. The minimum absolute atomic E-state index is 1.10. The monoisotopic (exact) mass is 702 g/mol. The van der Waals surface area contributed by atoms with Crippen molar-refractivity contribution in [3.8, 4) is 39.1 Å². The summed E-state index contributed by atoms with van der Waals surface area (Å²) in [6.45, 7) is 2.21. The molecular formula is C53H38N2. The summed E-state index contributed by atoms with van der Waals surface area (Å²) in [4.78, 5) is 2.41. The molecule has 1 heterocycles. The number of aryl methyl sites for hydroxylation is 1. The van der Waals surface area contributed by atoms with E-state index in [2.05, 4.69) is 229 Å². The molecule has 0 aliphatic rings. The van der Waals surface area contributed by atoms with Crippen LogP contribution in [0.25, 0.3) is 71.6 Å². The quantitative estimate of drug-likeness (QED) is 0.160. The van der Waals surface area contributed by atoms with Crippen LogP contribution in [0.2, 0.25) is 0 Å². The molecule has 55 heavy (non-hydrogen) atoms. The Bertz CT molecular complexity index is 2860. The molecular weight excluding hydrogens is 665 g/mol. The molecule has 2 heteroatoms. The highest BCUT2D eigenvalue weighted by molar-refractivity contribution is 6.16. The summed E-state index contributed by atoms with van der Waals surface area (Å²) < 4.78 is 2.42. The Labute approximate surface area is 321 Å². The minimum atomic E-state index is 1.10. The number of rotatable bonds is 7. The summed E-state index contributed by atoms with van der Waals surface area (Å²) in [6.07, 6.45) is 0. The third-order valence-electron chi connectivity index (χ3n) is 10.9. The number of nitrogens with zero attached hydrogens (tertiary/aromatic N) is 2. The standard InChI is InChI=1S/C53H38N2/c1-37-23-24-42-17-8-9-18-47(42)52(37)43-29-35-46(36-30-43)55-49-20-11-10-19-48(49)53-50(21-12-22-51(53)55)54(44-31-25-40(26-32-44)38-13-4-2-5-14-38)45-33-27-41(28-34-45)39-15-6-3-7-16-39/h2-36H,1H3. The fourth-order valence-corrected chi connectivity index (χ4v) is 8.30. The van der Waals surface area contributed by atoms with Crippen molar-refractivity contribution < 1.29 is 0 Å². The van der Waals surface area contributed by atoms with Crippen LogP contribution in [-0.2, 0) is 0 Å². The van der Waals surface area contributed by atoms with Gasteiger partial charge >= 0.3 is 0 Å². The van der Waals surface area contributed by atoms with Crippen molar-refractivity contribution in [3.63, 3.8) is 0 Å². The molecule has 0 fully saturated rings. The lowest BCUT2D eigenvalue weighted by atomic mass is 9.94. The van der Waals surface area contributed by atoms with Crippen molar-refractivity contribution in [2.24, 2.45) is 0 Å². The maximum absolute atomic E-state index is 2.42. The lowest BCUT2D eigenvalue weighted by molar-refractivity contribution is 1.18. The Hall–Kier alpha value is -7.16. The van der Waals surface area contributed by atoms with Crippen molar-refractivity contribution in [1.29, 1.82) is 0 Å². The van der Waals surface area contributed by atoms with Gasteiger partial charge in [-0.1, -0.05) is 158 Å². The molecule has 0 radical (unpaired) electrons. The van der Waals surface area contributed by atoms with E-state index in [0.29, 0.717) is 0 Å². The second-order valence-electron chi connectivity index (χ2n) is 14.2. The van der Waals surface area contributed by atoms with Gasteiger partial charge in [0.1, 0.15) is 0 Å². The van der Waals surface area contributed by atoms with E-state index in [0.717, 1.165) is 22.7 Å². The smallest absolute Gasteiger partial charge is 0.0562 e. The molecule has 2 nitrogen and oxygen atoms in total. The van der Waals surface area contributed by atoms with Crippen LogP contribution in [0.15, 0.2) is 212 Å². The van der Waals surface area contributed by atoms with E-state index in [1.54, 1.807) is 0 Å². The third kappa shape index (κ3) is 5.76. The summed E-state index contributed by atoms with van der Waals surface area (Å²) >= 11 is 0. The lowest BCUT2D eigenvalue weighted by Gasteiger charge is -2.27. The number of para-hydroxylation sites is 1. The summed E-state index contributed by atoms with van der Waals surface area (Å²) in [5, 5.41) is 4.97. The Kier molecular flexibility index (Phi) is 8.08. The average Bonchev–Trinajstić information content (AvgIpc) is 3.60. The molecule has 0 saturated carbocycles. The minimum Gasteiger partial charge on any atom is -0.310 e. The second-order valence-corrected chi connectivity index (χ2v) is 14.2. The van der Waals surface area contributed by atoms with Crippen LogP contribution in [0.4, 0.5) is 17.1 Å². The van der Waals surface area contributed by atoms with E-state index in [1.165, 1.54) is 71.5 Å². The van der Waals surface area contributed by atoms with E-state index >= 15 is 0 Å². The van der Waals surface area contributed by atoms with E-state index in [1.807, 2.05) is 0 Å². The number of aromatic nitrogens is 1. The first-order valence-electron chi connectivity index (χ1n) is 18.9. The predicted molar refractivity (Wildman–Crippen MR) is 234 cm³/mol. The Morgan fingerprint density at radius 2 is 0.873 bits per heavy atom. The molecule has 0 saturated heterocycles. The second kappa shape index (κ2) is 13.7. The van der Waals surface area contributed by atoms with Crippen molar-refractivity contribution in [2.75, 3.05) is 4.90 Å². The van der Waals surface area contributed by atoms with Crippen LogP contribution in [0, 0.1) is 6.92 Å². The van der Waals surface area contributed by atoms with Crippen molar-refractivity contribution in [1.82, 2.24) is 4.57 Å². The first-order chi connectivity index (χ1) is 27.2. The number of hydrogen-bond donors (Lipinski definition) is 0. The van der Waals surface area contributed by atoms with Gasteiger partial charge in [-0.05, 0) is 111 Å². The number of anilines is 3. The van der Waals surface area contributed by atoms with E-state index in [9.17, 15) is 0 Å². The zero-order valence-corrected chi connectivity index (χ0v) is 30.6. The van der Waals surface area contributed by atoms with E-state index < -0.39 is 0 Å². The molecule has 0 spiro atoms. The fourth-order valence-electron chi connectivity index (χ4n) is 8.30. The molecule has 10 aromatic rings. The molecule has 260 valence electrons. The van der Waals surface area contributed by atoms with Crippen LogP contribution >= 0.6 is 0 Å². The Morgan fingerprint density at radius 1 is 0.364 bits per heavy atom. The van der Waals surface area contributed by atoms with Crippen molar-refractivity contribution >= 4 is 49.6 Å². The maximum Gasteiger partial charge on any atom is 0.0562 e. The van der Waals surface area contributed by atoms with Gasteiger partial charge in [0.2, 0.25) is 0 Å². The van der Waals surface area contributed by atoms with Gasteiger partial charge in [0.05, 0.1) is 16.7 Å². The van der Waals surface area contributed by atoms with Gasteiger partial charge in [-0.25, -0.2) is 0 Å². The van der Waals surface area contributed by atoms with E-state index in [-0.39, 0.29) is 0 Å². The molecule has 10 rings (SSSR count). The van der Waals surface area contributed by atoms with Gasteiger partial charge in [0.25, 0.3) is 0 Å². The number of fused-ring (bicyclic) bond motifs is 4. The summed E-state index contributed by atoms with van der Waals surface area (Å²) in [6, 6.07) is 76.9. The van der Waals surface area contributed by atoms with Crippen molar-refractivity contribution in [3.05, 3.63) is 218 Å². The van der Waals surface area contributed by atoms with Crippen LogP contribution in [0.1, 0.15) is 5.56 Å². The molecule has 0 aliphatic carbocycles. The number of hydrogen-bond acceptors (Lipinski definition) is 1. The Morgan fingerprint density at radius 3 is 1.51 bits per heavy atom. The topological polar surface area (TPSA) is 8.17 Å². The van der Waals surface area contributed by atoms with Gasteiger partial charge in [-0.2, -0.15) is 0 Å². The summed E-state index contributed by atoms with van der Waals surface area (Å²) in [7, 11) is 0. The molecule has 0 amide bonds. The summed E-state index contributed by atoms with van der Waals surface area (Å²) in [5.74, 6) is 0. The molecule has 0 bridgehead atoms. The van der Waals surface area contributed by atoms with Gasteiger partial charge in [0, 0.05) is 27.8 Å². The van der Waals surface area contributed by atoms with Crippen LogP contribution in [0.3, 0.4) is 0 Å². The van der Waals surface area contributed by atoms with Crippen LogP contribution in [0.5, 0.6) is 0 Å². The van der Waals surface area contributed by atoms with Crippen LogP contribution in [-0.4, -0.2) is 4.57 Å². The van der Waals surface area contributed by atoms with Gasteiger partial charge in [0.15, 0.2) is 0 Å². The van der Waals surface area contributed by atoms with Gasteiger partial charge < -0.3 is 9.47 Å². The molecule has 9 aromatic carbocycles. The SMILES string of the molecule is Cc1ccc2ccccc2c1-c1ccc(-n2c3ccccc3c3c(N(c4ccc(-c5ccccc5)cc4)c4ccc(-c5ccccc5)cc4)cccc32)cc1. The largest absolute Gasteiger partial charge is 0.310 e. The van der Waals surface area contributed by atoms with Gasteiger partial charge in [-0.3, -0.25) is 0 Å². The molecule has 0 aliphatic heterocycles. The zero-order chi connectivity index (χ0) is 36.7. The highest BCUT2D eigenvalue weighted by Gasteiger charge is 2.21. The summed E-state index contributed by atoms with van der Waals surface area (Å²) in [5.41, 5.74) is 15.4. The normalized spacial score (nSPS) is 11.4. The first kappa shape index (κ1) is 32.5.